The van der Waals surface area contributed by atoms with Crippen molar-refractivity contribution in [2.45, 2.75) is 23.9 Å². The van der Waals surface area contributed by atoms with Crippen LogP contribution in [-0.2, 0) is 5.92 Å². The second kappa shape index (κ2) is 7.73. The molecular formula is C18H12F9NO2. The molecule has 0 heterocycles. The third-order valence-electron chi connectivity index (χ3n) is 3.94. The van der Waals surface area contributed by atoms with Crippen LogP contribution in [-0.4, -0.2) is 31.0 Å². The van der Waals surface area contributed by atoms with Crippen molar-refractivity contribution in [1.82, 2.24) is 5.32 Å². The van der Waals surface area contributed by atoms with Crippen LogP contribution in [0.15, 0.2) is 48.5 Å². The summed E-state index contributed by atoms with van der Waals surface area (Å²) in [7, 11) is 1.40. The molecule has 0 bridgehead atoms. The Hall–Kier alpha value is -2.92. The van der Waals surface area contributed by atoms with Gasteiger partial charge in [-0.25, -0.2) is 0 Å². The van der Waals surface area contributed by atoms with Crippen molar-refractivity contribution in [2.24, 2.45) is 0 Å². The molecule has 1 N–H and O–H groups in total. The fraction of sp³-hybridized carbons (Fsp3) is 0.278. The number of amides is 1. The maximum Gasteiger partial charge on any atom is 0.460 e. The van der Waals surface area contributed by atoms with Crippen LogP contribution >= 0.6 is 0 Å². The van der Waals surface area contributed by atoms with Crippen LogP contribution in [0.3, 0.4) is 0 Å². The first-order valence-electron chi connectivity index (χ1n) is 7.96. The summed E-state index contributed by atoms with van der Waals surface area (Å²) in [6.07, 6.45) is -6.89. The number of halogens is 9. The van der Waals surface area contributed by atoms with E-state index in [4.69, 9.17) is 4.74 Å². The highest BCUT2D eigenvalue weighted by atomic mass is 19.4. The van der Waals surface area contributed by atoms with Crippen LogP contribution in [0, 0.1) is 0 Å². The predicted octanol–water partition coefficient (Wildman–Crippen LogP) is 5.76. The Morgan fingerprint density at radius 2 is 1.17 bits per heavy atom. The molecule has 2 aromatic carbocycles. The minimum atomic E-state index is -6.97. The normalized spacial score (nSPS) is 13.1. The number of alkyl halides is 9. The number of rotatable bonds is 6. The maximum atomic E-state index is 13.9. The summed E-state index contributed by atoms with van der Waals surface area (Å²) in [4.78, 5) is 11.4. The molecular weight excluding hydrogens is 433 g/mol. The Morgan fingerprint density at radius 1 is 0.733 bits per heavy atom. The molecule has 0 saturated carbocycles. The van der Waals surface area contributed by atoms with Gasteiger partial charge >= 0.3 is 23.9 Å². The van der Waals surface area contributed by atoms with Gasteiger partial charge in [0.2, 0.25) is 0 Å². The molecule has 2 aromatic rings. The highest BCUT2D eigenvalue weighted by molar-refractivity contribution is 5.94. The number of hydrogen-bond donors (Lipinski definition) is 1. The van der Waals surface area contributed by atoms with Gasteiger partial charge in [0.15, 0.2) is 0 Å². The van der Waals surface area contributed by atoms with Crippen LogP contribution in [0.4, 0.5) is 39.5 Å². The molecule has 3 nitrogen and oxygen atoms in total. The summed E-state index contributed by atoms with van der Waals surface area (Å²) in [5.41, 5.74) is -1.49. The minimum Gasteiger partial charge on any atom is -0.457 e. The number of carbonyl (C=O) groups excluding carboxylic acids is 1. The smallest absolute Gasteiger partial charge is 0.457 e. The van der Waals surface area contributed by atoms with Crippen molar-refractivity contribution in [3.05, 3.63) is 59.7 Å². The SMILES string of the molecule is CNC(=O)c1ccc(Oc2ccc(C(F)(F)C(F)(F)C(F)(F)C(F)(F)F)cc2)cc1. The third-order valence-corrected chi connectivity index (χ3v) is 3.94. The molecule has 30 heavy (non-hydrogen) atoms. The molecule has 0 atom stereocenters. The first-order valence-corrected chi connectivity index (χ1v) is 7.96. The van der Waals surface area contributed by atoms with Gasteiger partial charge in [0.25, 0.3) is 5.91 Å². The second-order valence-electron chi connectivity index (χ2n) is 5.95. The van der Waals surface area contributed by atoms with Gasteiger partial charge in [0, 0.05) is 18.2 Å². The Bertz CT molecular complexity index is 891. The average molecular weight is 445 g/mol. The Labute approximate surface area is 163 Å². The molecule has 0 unspecified atom stereocenters. The number of nitrogens with one attached hydrogen (secondary N) is 1. The van der Waals surface area contributed by atoms with E-state index in [-0.39, 0.29) is 29.2 Å². The van der Waals surface area contributed by atoms with Crippen molar-refractivity contribution < 1.29 is 49.0 Å². The molecule has 0 aliphatic rings. The minimum absolute atomic E-state index is 0.107. The molecule has 0 radical (unpaired) electrons. The molecule has 164 valence electrons. The Morgan fingerprint density at radius 3 is 1.57 bits per heavy atom. The average Bonchev–Trinajstić information content (AvgIpc) is 2.67. The number of benzene rings is 2. The van der Waals surface area contributed by atoms with Gasteiger partial charge in [-0.05, 0) is 48.5 Å². The van der Waals surface area contributed by atoms with E-state index in [1.54, 1.807) is 0 Å². The highest BCUT2D eigenvalue weighted by Crippen LogP contribution is 2.56. The summed E-state index contributed by atoms with van der Waals surface area (Å²) in [5.74, 6) is -20.0. The third kappa shape index (κ3) is 4.03. The second-order valence-corrected chi connectivity index (χ2v) is 5.95. The maximum absolute atomic E-state index is 13.9. The largest absolute Gasteiger partial charge is 0.460 e. The summed E-state index contributed by atoms with van der Waals surface area (Å²) in [6, 6.07) is 7.24. The van der Waals surface area contributed by atoms with Crippen molar-refractivity contribution in [3.8, 4) is 11.5 Å². The van der Waals surface area contributed by atoms with Gasteiger partial charge in [-0.1, -0.05) is 0 Å². The van der Waals surface area contributed by atoms with Crippen LogP contribution in [0.25, 0.3) is 0 Å². The van der Waals surface area contributed by atoms with E-state index in [0.29, 0.717) is 12.1 Å². The molecule has 1 amide bonds. The van der Waals surface area contributed by atoms with E-state index in [1.165, 1.54) is 31.3 Å². The molecule has 0 aromatic heterocycles. The van der Waals surface area contributed by atoms with E-state index in [9.17, 15) is 44.3 Å². The van der Waals surface area contributed by atoms with Crippen LogP contribution < -0.4 is 10.1 Å². The van der Waals surface area contributed by atoms with Crippen molar-refractivity contribution in [2.75, 3.05) is 7.05 Å². The lowest BCUT2D eigenvalue weighted by Gasteiger charge is -2.33. The molecule has 12 heteroatoms. The van der Waals surface area contributed by atoms with Crippen molar-refractivity contribution >= 4 is 5.91 Å². The Kier molecular flexibility index (Phi) is 6.02. The molecule has 0 aliphatic heterocycles. The standard InChI is InChI=1S/C18H12F9NO2/c1-28-14(29)10-2-6-12(7-3-10)30-13-8-4-11(5-9-13)15(19,20)16(21,22)17(23,24)18(25,26)27/h2-9H,1H3,(H,28,29). The topological polar surface area (TPSA) is 38.3 Å². The lowest BCUT2D eigenvalue weighted by molar-refractivity contribution is -0.399. The summed E-state index contributed by atoms with van der Waals surface area (Å²) < 4.78 is 122. The molecule has 0 fully saturated rings. The zero-order valence-corrected chi connectivity index (χ0v) is 14.8. The first-order chi connectivity index (χ1) is 13.6. The van der Waals surface area contributed by atoms with Gasteiger partial charge in [0.1, 0.15) is 11.5 Å². The zero-order valence-electron chi connectivity index (χ0n) is 14.8. The fourth-order valence-corrected chi connectivity index (χ4v) is 2.24. The molecule has 0 spiro atoms. The van der Waals surface area contributed by atoms with Crippen LogP contribution in [0.2, 0.25) is 0 Å². The van der Waals surface area contributed by atoms with Gasteiger partial charge < -0.3 is 10.1 Å². The highest BCUT2D eigenvalue weighted by Gasteiger charge is 2.81. The van der Waals surface area contributed by atoms with Crippen LogP contribution in [0.5, 0.6) is 11.5 Å². The van der Waals surface area contributed by atoms with E-state index < -0.39 is 35.4 Å². The number of carbonyl (C=O) groups is 1. The zero-order chi connectivity index (χ0) is 23.0. The van der Waals surface area contributed by atoms with E-state index in [1.807, 2.05) is 0 Å². The van der Waals surface area contributed by atoms with Crippen molar-refractivity contribution in [3.63, 3.8) is 0 Å². The summed E-state index contributed by atoms with van der Waals surface area (Å²) in [5, 5.41) is 2.37. The first kappa shape index (κ1) is 23.4. The van der Waals surface area contributed by atoms with Crippen molar-refractivity contribution in [1.29, 1.82) is 0 Å². The van der Waals surface area contributed by atoms with E-state index >= 15 is 0 Å². The predicted molar refractivity (Wildman–Crippen MR) is 86.2 cm³/mol. The number of ether oxygens (including phenoxy) is 1. The van der Waals surface area contributed by atoms with E-state index in [2.05, 4.69) is 5.32 Å². The Balaban J connectivity index is 2.25. The quantitative estimate of drug-likeness (QED) is 0.574. The fourth-order valence-electron chi connectivity index (χ4n) is 2.24. The van der Waals surface area contributed by atoms with E-state index in [0.717, 1.165) is 0 Å². The summed E-state index contributed by atoms with van der Waals surface area (Å²) >= 11 is 0. The monoisotopic (exact) mass is 445 g/mol. The van der Waals surface area contributed by atoms with Gasteiger partial charge in [-0.15, -0.1) is 0 Å². The van der Waals surface area contributed by atoms with Crippen LogP contribution in [0.1, 0.15) is 15.9 Å². The van der Waals surface area contributed by atoms with Gasteiger partial charge in [-0.3, -0.25) is 4.79 Å². The van der Waals surface area contributed by atoms with Gasteiger partial charge in [-0.2, -0.15) is 39.5 Å². The molecule has 0 aliphatic carbocycles. The molecule has 0 saturated heterocycles. The molecule has 2 rings (SSSR count). The number of hydrogen-bond acceptors (Lipinski definition) is 2. The van der Waals surface area contributed by atoms with Gasteiger partial charge in [0.05, 0.1) is 0 Å². The lowest BCUT2D eigenvalue weighted by atomic mass is 9.97. The summed E-state index contributed by atoms with van der Waals surface area (Å²) in [6.45, 7) is 0. The lowest BCUT2D eigenvalue weighted by Crippen LogP contribution is -2.59.